The van der Waals surface area contributed by atoms with Gasteiger partial charge in [0.15, 0.2) is 0 Å². The van der Waals surface area contributed by atoms with E-state index in [1.54, 1.807) is 0 Å². The number of para-hydroxylation sites is 3. The van der Waals surface area contributed by atoms with Gasteiger partial charge in [-0.25, -0.2) is 4.98 Å². The van der Waals surface area contributed by atoms with Crippen LogP contribution < -0.4 is 4.74 Å². The van der Waals surface area contributed by atoms with Crippen LogP contribution in [-0.2, 0) is 5.41 Å². The van der Waals surface area contributed by atoms with Crippen molar-refractivity contribution in [3.05, 3.63) is 156 Å². The molecule has 0 atom stereocenters. The third-order valence-electron chi connectivity index (χ3n) is 8.95. The zero-order valence-electron chi connectivity index (χ0n) is 22.4. The average Bonchev–Trinajstić information content (AvgIpc) is 3.57. The zero-order chi connectivity index (χ0) is 27.0. The second kappa shape index (κ2) is 8.42. The largest absolute Gasteiger partial charge is 0.457 e. The first kappa shape index (κ1) is 22.6. The molecule has 3 aliphatic rings. The van der Waals surface area contributed by atoms with Crippen LogP contribution in [0.3, 0.4) is 0 Å². The molecule has 2 aliphatic carbocycles. The Morgan fingerprint density at radius 3 is 2.12 bits per heavy atom. The molecule has 0 N–H and O–H groups in total. The van der Waals surface area contributed by atoms with Gasteiger partial charge in [-0.3, -0.25) is 4.57 Å². The first-order chi connectivity index (χ1) is 20.3. The van der Waals surface area contributed by atoms with E-state index in [9.17, 15) is 0 Å². The maximum absolute atomic E-state index is 6.75. The summed E-state index contributed by atoms with van der Waals surface area (Å²) in [6.07, 6.45) is 8.61. The highest BCUT2D eigenvalue weighted by Crippen LogP contribution is 2.62. The van der Waals surface area contributed by atoms with E-state index < -0.39 is 5.41 Å². The molecule has 41 heavy (non-hydrogen) atoms. The number of ether oxygens (including phenoxy) is 1. The van der Waals surface area contributed by atoms with Crippen LogP contribution in [0.1, 0.15) is 35.1 Å². The molecule has 1 spiro atoms. The Kier molecular flexibility index (Phi) is 4.65. The lowest BCUT2D eigenvalue weighted by atomic mass is 9.66. The monoisotopic (exact) mass is 526 g/mol. The zero-order valence-corrected chi connectivity index (χ0v) is 22.4. The van der Waals surface area contributed by atoms with Gasteiger partial charge in [-0.05, 0) is 65.4 Å². The van der Waals surface area contributed by atoms with Gasteiger partial charge >= 0.3 is 0 Å². The molecule has 3 heteroatoms. The van der Waals surface area contributed by atoms with E-state index in [0.717, 1.165) is 46.8 Å². The number of aromatic nitrogens is 2. The molecule has 0 bridgehead atoms. The van der Waals surface area contributed by atoms with Gasteiger partial charge in [-0.2, -0.15) is 0 Å². The molecule has 6 aromatic rings. The lowest BCUT2D eigenvalue weighted by Crippen LogP contribution is -2.32. The molecule has 0 fully saturated rings. The van der Waals surface area contributed by atoms with Crippen LogP contribution in [0, 0.1) is 0 Å². The van der Waals surface area contributed by atoms with Crippen molar-refractivity contribution in [2.75, 3.05) is 0 Å². The van der Waals surface area contributed by atoms with Gasteiger partial charge < -0.3 is 4.74 Å². The van der Waals surface area contributed by atoms with E-state index in [2.05, 4.69) is 138 Å². The van der Waals surface area contributed by atoms with Crippen molar-refractivity contribution in [3.8, 4) is 34.0 Å². The summed E-state index contributed by atoms with van der Waals surface area (Å²) >= 11 is 0. The quantitative estimate of drug-likeness (QED) is 0.224. The molecule has 0 amide bonds. The summed E-state index contributed by atoms with van der Waals surface area (Å²) in [6, 6.07) is 41.3. The molecule has 0 unspecified atom stereocenters. The molecule has 3 nitrogen and oxygen atoms in total. The summed E-state index contributed by atoms with van der Waals surface area (Å²) in [5.41, 5.74) is 11.5. The van der Waals surface area contributed by atoms with Gasteiger partial charge in [0.2, 0.25) is 0 Å². The maximum atomic E-state index is 6.75. The van der Waals surface area contributed by atoms with E-state index in [-0.39, 0.29) is 0 Å². The molecule has 194 valence electrons. The number of hydrogen-bond donors (Lipinski definition) is 0. The number of hydrogen-bond acceptors (Lipinski definition) is 2. The van der Waals surface area contributed by atoms with Gasteiger partial charge in [-0.15, -0.1) is 0 Å². The predicted molar refractivity (Wildman–Crippen MR) is 165 cm³/mol. The van der Waals surface area contributed by atoms with E-state index >= 15 is 0 Å². The molecule has 0 saturated heterocycles. The van der Waals surface area contributed by atoms with Crippen LogP contribution in [0.25, 0.3) is 39.2 Å². The SMILES string of the molecule is C1=CCCC(n2c(-c3ccc4c(c3)Oc3ccccc3C43c4ccccc4-c4ccccc43)nc3ccccc32)=C1. The topological polar surface area (TPSA) is 27.1 Å². The van der Waals surface area contributed by atoms with Crippen molar-refractivity contribution in [2.45, 2.75) is 18.3 Å². The lowest BCUT2D eigenvalue weighted by molar-refractivity contribution is 0.436. The Hall–Kier alpha value is -5.15. The Labute approximate surface area is 238 Å². The highest BCUT2D eigenvalue weighted by Gasteiger charge is 2.50. The van der Waals surface area contributed by atoms with Crippen LogP contribution >= 0.6 is 0 Å². The summed E-state index contributed by atoms with van der Waals surface area (Å²) in [4.78, 5) is 5.15. The fourth-order valence-corrected chi connectivity index (χ4v) is 7.29. The molecule has 2 heterocycles. The Morgan fingerprint density at radius 2 is 1.34 bits per heavy atom. The van der Waals surface area contributed by atoms with E-state index in [1.165, 1.54) is 39.1 Å². The number of rotatable bonds is 2. The van der Waals surface area contributed by atoms with Crippen LogP contribution in [-0.4, -0.2) is 9.55 Å². The van der Waals surface area contributed by atoms with Crippen molar-refractivity contribution in [3.63, 3.8) is 0 Å². The van der Waals surface area contributed by atoms with Crippen LogP contribution in [0.5, 0.6) is 11.5 Å². The number of benzene rings is 5. The third-order valence-corrected chi connectivity index (χ3v) is 8.95. The molecule has 9 rings (SSSR count). The predicted octanol–water partition coefficient (Wildman–Crippen LogP) is 9.36. The standard InChI is InChI=1S/C38H26N2O/c1-2-12-26(13-3-1)40-34-20-10-9-19-33(34)39-37(40)25-22-23-32-36(24-25)41-35-21-11-8-18-31(35)38(32)29-16-6-4-14-27(29)28-15-5-7-17-30(28)38/h1-2,4-12,14-24H,3,13H2. The number of allylic oxidation sites excluding steroid dienone is 4. The molecule has 1 aromatic heterocycles. The minimum atomic E-state index is -0.452. The van der Waals surface area contributed by atoms with Gasteiger partial charge in [0.25, 0.3) is 0 Å². The maximum Gasteiger partial charge on any atom is 0.145 e. The first-order valence-electron chi connectivity index (χ1n) is 14.3. The fraction of sp³-hybridized carbons (Fsp3) is 0.0789. The molecule has 1 aliphatic heterocycles. The third kappa shape index (κ3) is 3.01. The van der Waals surface area contributed by atoms with Gasteiger partial charge in [0.05, 0.1) is 16.4 Å². The van der Waals surface area contributed by atoms with Gasteiger partial charge in [-0.1, -0.05) is 103 Å². The first-order valence-corrected chi connectivity index (χ1v) is 14.3. The number of imidazole rings is 1. The summed E-state index contributed by atoms with van der Waals surface area (Å²) in [5, 5.41) is 0. The van der Waals surface area contributed by atoms with Crippen LogP contribution in [0.2, 0.25) is 0 Å². The number of nitrogens with zero attached hydrogens (tertiary/aromatic N) is 2. The summed E-state index contributed by atoms with van der Waals surface area (Å²) < 4.78 is 9.08. The normalized spacial score (nSPS) is 15.6. The van der Waals surface area contributed by atoms with Gasteiger partial charge in [0, 0.05) is 22.4 Å². The smallest absolute Gasteiger partial charge is 0.145 e. The summed E-state index contributed by atoms with van der Waals surface area (Å²) in [6.45, 7) is 0. The lowest BCUT2D eigenvalue weighted by Gasteiger charge is -2.39. The minimum absolute atomic E-state index is 0.452. The average molecular weight is 527 g/mol. The summed E-state index contributed by atoms with van der Waals surface area (Å²) in [5.74, 6) is 2.72. The minimum Gasteiger partial charge on any atom is -0.457 e. The number of fused-ring (bicyclic) bond motifs is 10. The Morgan fingerprint density at radius 1 is 0.659 bits per heavy atom. The van der Waals surface area contributed by atoms with Crippen molar-refractivity contribution >= 4 is 16.7 Å². The Bertz CT molecular complexity index is 2050. The van der Waals surface area contributed by atoms with Crippen molar-refractivity contribution in [1.82, 2.24) is 9.55 Å². The van der Waals surface area contributed by atoms with Crippen molar-refractivity contribution < 1.29 is 4.74 Å². The van der Waals surface area contributed by atoms with E-state index in [1.807, 2.05) is 0 Å². The van der Waals surface area contributed by atoms with E-state index in [4.69, 9.17) is 9.72 Å². The van der Waals surface area contributed by atoms with Crippen LogP contribution in [0.15, 0.2) is 133 Å². The highest BCUT2D eigenvalue weighted by atomic mass is 16.5. The summed E-state index contributed by atoms with van der Waals surface area (Å²) in [7, 11) is 0. The Balaban J connectivity index is 1.33. The molecule has 5 aromatic carbocycles. The molecular formula is C38H26N2O. The van der Waals surface area contributed by atoms with E-state index in [0.29, 0.717) is 0 Å². The highest BCUT2D eigenvalue weighted by molar-refractivity contribution is 5.90. The molecular weight excluding hydrogens is 500 g/mol. The molecule has 0 radical (unpaired) electrons. The second-order valence-corrected chi connectivity index (χ2v) is 11.0. The van der Waals surface area contributed by atoms with Crippen molar-refractivity contribution in [2.24, 2.45) is 0 Å². The fourth-order valence-electron chi connectivity index (χ4n) is 7.29. The van der Waals surface area contributed by atoms with Crippen molar-refractivity contribution in [1.29, 1.82) is 0 Å². The van der Waals surface area contributed by atoms with Gasteiger partial charge in [0.1, 0.15) is 17.3 Å². The van der Waals surface area contributed by atoms with Crippen LogP contribution in [0.4, 0.5) is 0 Å². The molecule has 0 saturated carbocycles. The second-order valence-electron chi connectivity index (χ2n) is 11.0.